The fourth-order valence-corrected chi connectivity index (χ4v) is 3.12. The second-order valence-corrected chi connectivity index (χ2v) is 9.67. The minimum Gasteiger partial charge on any atom is -0.399 e. The number of benzene rings is 1. The standard InChI is InChI=1S/C21H33BFO2/c1-14(2)17(13-19(3,4)5)16-11-10-15(12-18(16)23)22-24-20(6,7)21(8,9)25-22/h10-14,17H,1-9H3. The van der Waals surface area contributed by atoms with Crippen molar-refractivity contribution in [1.82, 2.24) is 0 Å². The molecule has 0 spiro atoms. The molecule has 4 heteroatoms. The van der Waals surface area contributed by atoms with Crippen LogP contribution in [0, 0.1) is 23.6 Å². The topological polar surface area (TPSA) is 18.5 Å². The Kier molecular flexibility index (Phi) is 5.48. The third kappa shape index (κ3) is 4.46. The molecule has 0 N–H and O–H groups in total. The molecular formula is C21H33BFO2. The molecule has 0 aliphatic carbocycles. The second kappa shape index (κ2) is 6.70. The first-order valence-corrected chi connectivity index (χ1v) is 9.24. The van der Waals surface area contributed by atoms with Crippen molar-refractivity contribution in [3.05, 3.63) is 36.0 Å². The van der Waals surface area contributed by atoms with E-state index >= 15 is 0 Å². The summed E-state index contributed by atoms with van der Waals surface area (Å²) in [4.78, 5) is 0. The Morgan fingerprint density at radius 1 is 1.04 bits per heavy atom. The van der Waals surface area contributed by atoms with Gasteiger partial charge in [0.1, 0.15) is 5.82 Å². The van der Waals surface area contributed by atoms with Gasteiger partial charge in [-0.15, -0.1) is 0 Å². The van der Waals surface area contributed by atoms with Gasteiger partial charge >= 0.3 is 7.12 Å². The normalized spacial score (nSPS) is 21.0. The van der Waals surface area contributed by atoms with Gasteiger partial charge in [-0.25, -0.2) is 4.39 Å². The Morgan fingerprint density at radius 3 is 1.96 bits per heavy atom. The highest BCUT2D eigenvalue weighted by molar-refractivity contribution is 6.62. The summed E-state index contributed by atoms with van der Waals surface area (Å²) in [7, 11) is -0.530. The predicted molar refractivity (Wildman–Crippen MR) is 103 cm³/mol. The quantitative estimate of drug-likeness (QED) is 0.704. The van der Waals surface area contributed by atoms with E-state index in [0.717, 1.165) is 11.0 Å². The molecule has 1 radical (unpaired) electrons. The molecule has 139 valence electrons. The zero-order valence-electron chi connectivity index (χ0n) is 17.2. The Labute approximate surface area is 153 Å². The Bertz CT molecular complexity index is 601. The maximum atomic E-state index is 14.9. The summed E-state index contributed by atoms with van der Waals surface area (Å²) < 4.78 is 27.0. The molecule has 1 unspecified atom stereocenters. The summed E-state index contributed by atoms with van der Waals surface area (Å²) in [6, 6.07) is 5.40. The van der Waals surface area contributed by atoms with Crippen LogP contribution < -0.4 is 5.46 Å². The lowest BCUT2D eigenvalue weighted by atomic mass is 9.74. The van der Waals surface area contributed by atoms with E-state index < -0.39 is 18.3 Å². The molecule has 2 rings (SSSR count). The summed E-state index contributed by atoms with van der Waals surface area (Å²) in [5, 5.41) is 0. The maximum absolute atomic E-state index is 14.9. The molecule has 1 heterocycles. The zero-order valence-corrected chi connectivity index (χ0v) is 17.2. The molecule has 2 nitrogen and oxygen atoms in total. The monoisotopic (exact) mass is 347 g/mol. The fourth-order valence-electron chi connectivity index (χ4n) is 3.12. The van der Waals surface area contributed by atoms with Gasteiger partial charge in [0.2, 0.25) is 0 Å². The van der Waals surface area contributed by atoms with E-state index in [0.29, 0.717) is 5.92 Å². The highest BCUT2D eigenvalue weighted by Crippen LogP contribution is 2.38. The minimum absolute atomic E-state index is 0.0335. The van der Waals surface area contributed by atoms with Crippen molar-refractivity contribution >= 4 is 12.6 Å². The zero-order chi connectivity index (χ0) is 19.2. The molecule has 0 amide bonds. The smallest absolute Gasteiger partial charge is 0.399 e. The first-order valence-electron chi connectivity index (χ1n) is 9.24. The lowest BCUT2D eigenvalue weighted by Gasteiger charge is -2.32. The van der Waals surface area contributed by atoms with Crippen molar-refractivity contribution in [2.75, 3.05) is 0 Å². The fraction of sp³-hybridized carbons (Fsp3) is 0.667. The predicted octanol–water partition coefficient (Wildman–Crippen LogP) is 5.11. The second-order valence-electron chi connectivity index (χ2n) is 9.67. The SMILES string of the molecule is CC(C)C([CH]C(C)(C)C)c1ccc(B2OC(C)(C)C(C)(C)O2)cc1F. The average Bonchev–Trinajstić information content (AvgIpc) is 2.64. The van der Waals surface area contributed by atoms with Crippen LogP contribution in [0.1, 0.15) is 73.8 Å². The number of hydrogen-bond donors (Lipinski definition) is 0. The van der Waals surface area contributed by atoms with Gasteiger partial charge in [0.15, 0.2) is 0 Å². The molecule has 0 bridgehead atoms. The first kappa shape index (κ1) is 20.4. The van der Waals surface area contributed by atoms with Crippen LogP contribution in [0.5, 0.6) is 0 Å². The van der Waals surface area contributed by atoms with Crippen molar-refractivity contribution in [2.24, 2.45) is 11.3 Å². The molecular weight excluding hydrogens is 314 g/mol. The van der Waals surface area contributed by atoms with Gasteiger partial charge in [0.25, 0.3) is 0 Å². The highest BCUT2D eigenvalue weighted by Gasteiger charge is 2.51. The van der Waals surface area contributed by atoms with Crippen molar-refractivity contribution < 1.29 is 13.7 Å². The van der Waals surface area contributed by atoms with E-state index in [2.05, 4.69) is 41.0 Å². The van der Waals surface area contributed by atoms with E-state index in [1.165, 1.54) is 0 Å². The van der Waals surface area contributed by atoms with E-state index in [4.69, 9.17) is 9.31 Å². The average molecular weight is 347 g/mol. The molecule has 1 atom stereocenters. The molecule has 1 aromatic carbocycles. The highest BCUT2D eigenvalue weighted by atomic mass is 19.1. The number of hydrogen-bond acceptors (Lipinski definition) is 2. The van der Waals surface area contributed by atoms with Crippen molar-refractivity contribution in [2.45, 2.75) is 79.4 Å². The minimum atomic E-state index is -0.530. The van der Waals surface area contributed by atoms with Crippen LogP contribution in [0.25, 0.3) is 0 Å². The summed E-state index contributed by atoms with van der Waals surface area (Å²) in [5.41, 5.74) is 0.662. The Hall–Kier alpha value is -0.865. The van der Waals surface area contributed by atoms with E-state index in [1.807, 2.05) is 39.8 Å². The maximum Gasteiger partial charge on any atom is 0.494 e. The van der Waals surface area contributed by atoms with Crippen molar-refractivity contribution in [3.8, 4) is 0 Å². The van der Waals surface area contributed by atoms with E-state index in [9.17, 15) is 4.39 Å². The molecule has 25 heavy (non-hydrogen) atoms. The van der Waals surface area contributed by atoms with Gasteiger partial charge < -0.3 is 9.31 Å². The summed E-state index contributed by atoms with van der Waals surface area (Å²) in [6.45, 7) is 18.7. The van der Waals surface area contributed by atoms with Crippen molar-refractivity contribution in [1.29, 1.82) is 0 Å². The summed E-state index contributed by atoms with van der Waals surface area (Å²) >= 11 is 0. The van der Waals surface area contributed by atoms with E-state index in [1.54, 1.807) is 6.07 Å². The third-order valence-electron chi connectivity index (χ3n) is 5.31. The van der Waals surface area contributed by atoms with Crippen LogP contribution in [0.15, 0.2) is 18.2 Å². The van der Waals surface area contributed by atoms with Gasteiger partial charge in [-0.3, -0.25) is 0 Å². The van der Waals surface area contributed by atoms with Gasteiger partial charge in [0.05, 0.1) is 11.2 Å². The molecule has 0 aromatic heterocycles. The van der Waals surface area contributed by atoms with Crippen molar-refractivity contribution in [3.63, 3.8) is 0 Å². The van der Waals surface area contributed by atoms with Crippen LogP contribution in [-0.4, -0.2) is 18.3 Å². The molecule has 1 aromatic rings. The van der Waals surface area contributed by atoms with Gasteiger partial charge in [-0.2, -0.15) is 0 Å². The first-order chi connectivity index (χ1) is 11.2. The molecule has 1 aliphatic heterocycles. The molecule has 0 saturated carbocycles. The lowest BCUT2D eigenvalue weighted by Crippen LogP contribution is -2.41. The summed E-state index contributed by atoms with van der Waals surface area (Å²) in [5.74, 6) is 0.218. The molecule has 1 aliphatic rings. The number of halogens is 1. The third-order valence-corrected chi connectivity index (χ3v) is 5.31. The van der Waals surface area contributed by atoms with Gasteiger partial charge in [-0.1, -0.05) is 46.8 Å². The van der Waals surface area contributed by atoms with Crippen LogP contribution in [0.3, 0.4) is 0 Å². The lowest BCUT2D eigenvalue weighted by molar-refractivity contribution is 0.00578. The van der Waals surface area contributed by atoms with Crippen LogP contribution >= 0.6 is 0 Å². The summed E-state index contributed by atoms with van der Waals surface area (Å²) in [6.07, 6.45) is 2.24. The Balaban J connectivity index is 2.29. The number of rotatable bonds is 4. The van der Waals surface area contributed by atoms with Crippen LogP contribution in [0.4, 0.5) is 4.39 Å². The van der Waals surface area contributed by atoms with Crippen LogP contribution in [-0.2, 0) is 9.31 Å². The van der Waals surface area contributed by atoms with Gasteiger partial charge in [0, 0.05) is 0 Å². The van der Waals surface area contributed by atoms with Crippen LogP contribution in [0.2, 0.25) is 0 Å². The largest absolute Gasteiger partial charge is 0.494 e. The van der Waals surface area contributed by atoms with Gasteiger partial charge in [-0.05, 0) is 68.5 Å². The Morgan fingerprint density at radius 2 is 1.56 bits per heavy atom. The van der Waals surface area contributed by atoms with E-state index in [-0.39, 0.29) is 17.2 Å². The molecule has 1 fully saturated rings. The molecule has 1 saturated heterocycles.